The summed E-state index contributed by atoms with van der Waals surface area (Å²) >= 11 is 0. The van der Waals surface area contributed by atoms with Crippen molar-refractivity contribution in [3.63, 3.8) is 0 Å². The number of carbonyl (C=O) groups is 2. The number of fused-ring (bicyclic) bond motifs is 1. The average molecular weight is 263 g/mol. The Morgan fingerprint density at radius 1 is 1.42 bits per heavy atom. The molecule has 1 aliphatic rings. The molecule has 0 amide bonds. The van der Waals surface area contributed by atoms with Gasteiger partial charge in [0.05, 0.1) is 12.3 Å². The molecular weight excluding hydrogens is 246 g/mol. The number of anilines is 1. The number of ether oxygens (including phenoxy) is 2. The van der Waals surface area contributed by atoms with Crippen LogP contribution in [0.3, 0.4) is 0 Å². The number of carbonyl (C=O) groups excluding carboxylic acids is 2. The Bertz CT molecular complexity index is 498. The molecule has 0 fully saturated rings. The topological polar surface area (TPSA) is 55.8 Å². The van der Waals surface area contributed by atoms with E-state index in [1.807, 2.05) is 26.0 Å². The summed E-state index contributed by atoms with van der Waals surface area (Å²) in [7, 11) is 0. The SMILES string of the molecule is CCOC(=O)C1C(=O)Oc2ccccc2N1C(C)C. The van der Waals surface area contributed by atoms with Gasteiger partial charge in [-0.15, -0.1) is 0 Å². The Hall–Kier alpha value is -2.04. The van der Waals surface area contributed by atoms with Gasteiger partial charge in [0.1, 0.15) is 0 Å². The van der Waals surface area contributed by atoms with E-state index < -0.39 is 18.0 Å². The van der Waals surface area contributed by atoms with Gasteiger partial charge in [-0.25, -0.2) is 9.59 Å². The summed E-state index contributed by atoms with van der Waals surface area (Å²) < 4.78 is 10.2. The summed E-state index contributed by atoms with van der Waals surface area (Å²) in [6.45, 7) is 5.78. The first-order chi connectivity index (χ1) is 9.06. The maximum absolute atomic E-state index is 12.0. The van der Waals surface area contributed by atoms with E-state index in [2.05, 4.69) is 0 Å². The van der Waals surface area contributed by atoms with Gasteiger partial charge in [0.15, 0.2) is 5.75 Å². The van der Waals surface area contributed by atoms with Gasteiger partial charge < -0.3 is 14.4 Å². The van der Waals surface area contributed by atoms with Gasteiger partial charge in [-0.3, -0.25) is 0 Å². The smallest absolute Gasteiger partial charge is 0.346 e. The Morgan fingerprint density at radius 2 is 2.11 bits per heavy atom. The molecule has 1 unspecified atom stereocenters. The van der Waals surface area contributed by atoms with Gasteiger partial charge in [0.25, 0.3) is 0 Å². The van der Waals surface area contributed by atoms with Gasteiger partial charge in [-0.05, 0) is 32.9 Å². The molecule has 2 rings (SSSR count). The van der Waals surface area contributed by atoms with Gasteiger partial charge >= 0.3 is 11.9 Å². The van der Waals surface area contributed by atoms with Crippen LogP contribution in [0.4, 0.5) is 5.69 Å². The minimum absolute atomic E-state index is 0.0246. The van der Waals surface area contributed by atoms with Crippen molar-refractivity contribution in [1.29, 1.82) is 0 Å². The number of hydrogen-bond acceptors (Lipinski definition) is 5. The molecule has 5 nitrogen and oxygen atoms in total. The van der Waals surface area contributed by atoms with Crippen LogP contribution in [-0.2, 0) is 14.3 Å². The molecule has 0 N–H and O–H groups in total. The largest absolute Gasteiger partial charge is 0.464 e. The van der Waals surface area contributed by atoms with Crippen molar-refractivity contribution in [2.45, 2.75) is 32.9 Å². The quantitative estimate of drug-likeness (QED) is 0.472. The Kier molecular flexibility index (Phi) is 3.74. The lowest BCUT2D eigenvalue weighted by Crippen LogP contribution is -2.55. The Labute approximate surface area is 112 Å². The number of benzene rings is 1. The van der Waals surface area contributed by atoms with Crippen molar-refractivity contribution in [3.05, 3.63) is 24.3 Å². The van der Waals surface area contributed by atoms with Crippen molar-refractivity contribution >= 4 is 17.6 Å². The predicted octanol–water partition coefficient (Wildman–Crippen LogP) is 1.75. The molecule has 0 aromatic heterocycles. The summed E-state index contributed by atoms with van der Waals surface area (Å²) in [6.07, 6.45) is 0. The molecule has 1 atom stereocenters. The van der Waals surface area contributed by atoms with Gasteiger partial charge in [-0.2, -0.15) is 0 Å². The van der Waals surface area contributed by atoms with Crippen molar-refractivity contribution < 1.29 is 19.1 Å². The lowest BCUT2D eigenvalue weighted by Gasteiger charge is -2.38. The van der Waals surface area contributed by atoms with Crippen LogP contribution in [0.15, 0.2) is 24.3 Å². The zero-order chi connectivity index (χ0) is 14.0. The summed E-state index contributed by atoms with van der Waals surface area (Å²) in [6, 6.07) is 6.11. The highest BCUT2D eigenvalue weighted by Crippen LogP contribution is 2.35. The van der Waals surface area contributed by atoms with Crippen molar-refractivity contribution in [3.8, 4) is 5.75 Å². The Balaban J connectivity index is 2.44. The first-order valence-electron chi connectivity index (χ1n) is 6.32. The summed E-state index contributed by atoms with van der Waals surface area (Å²) in [5.41, 5.74) is 0.732. The Morgan fingerprint density at radius 3 is 2.74 bits per heavy atom. The maximum Gasteiger partial charge on any atom is 0.346 e. The third kappa shape index (κ3) is 2.41. The lowest BCUT2D eigenvalue weighted by atomic mass is 10.1. The highest BCUT2D eigenvalue weighted by Gasteiger charge is 2.42. The van der Waals surface area contributed by atoms with Gasteiger partial charge in [0.2, 0.25) is 6.04 Å². The van der Waals surface area contributed by atoms with Crippen LogP contribution in [0.1, 0.15) is 20.8 Å². The van der Waals surface area contributed by atoms with E-state index in [1.165, 1.54) is 0 Å². The molecule has 19 heavy (non-hydrogen) atoms. The normalized spacial score (nSPS) is 18.0. The van der Waals surface area contributed by atoms with E-state index >= 15 is 0 Å². The van der Waals surface area contributed by atoms with E-state index in [0.717, 1.165) is 5.69 Å². The molecule has 0 saturated heterocycles. The monoisotopic (exact) mass is 263 g/mol. The molecule has 102 valence electrons. The van der Waals surface area contributed by atoms with E-state index in [1.54, 1.807) is 24.0 Å². The molecule has 1 aromatic rings. The molecule has 1 aromatic carbocycles. The number of hydrogen-bond donors (Lipinski definition) is 0. The van der Waals surface area contributed by atoms with Gasteiger partial charge in [-0.1, -0.05) is 12.1 Å². The average Bonchev–Trinajstić information content (AvgIpc) is 2.37. The third-order valence-corrected chi connectivity index (χ3v) is 2.92. The van der Waals surface area contributed by atoms with Crippen molar-refractivity contribution in [1.82, 2.24) is 0 Å². The van der Waals surface area contributed by atoms with E-state index in [0.29, 0.717) is 5.75 Å². The number of nitrogens with zero attached hydrogens (tertiary/aromatic N) is 1. The molecule has 0 spiro atoms. The molecule has 5 heteroatoms. The lowest BCUT2D eigenvalue weighted by molar-refractivity contribution is -0.153. The van der Waals surface area contributed by atoms with Crippen molar-refractivity contribution in [2.75, 3.05) is 11.5 Å². The fraction of sp³-hybridized carbons (Fsp3) is 0.429. The van der Waals surface area contributed by atoms with Crippen LogP contribution in [-0.4, -0.2) is 30.6 Å². The molecular formula is C14H17NO4. The third-order valence-electron chi connectivity index (χ3n) is 2.92. The molecule has 1 heterocycles. The minimum atomic E-state index is -1.03. The molecule has 1 aliphatic heterocycles. The van der Waals surface area contributed by atoms with E-state index in [4.69, 9.17) is 9.47 Å². The highest BCUT2D eigenvalue weighted by atomic mass is 16.6. The predicted molar refractivity (Wildman–Crippen MR) is 70.1 cm³/mol. The zero-order valence-corrected chi connectivity index (χ0v) is 11.3. The summed E-state index contributed by atoms with van der Waals surface area (Å²) in [5.74, 6) is -0.691. The van der Waals surface area contributed by atoms with Crippen LogP contribution < -0.4 is 9.64 Å². The standard InChI is InChI=1S/C14H17NO4/c1-4-18-13(16)12-14(17)19-11-8-6-5-7-10(11)15(12)9(2)3/h5-9,12H,4H2,1-3H3. The highest BCUT2D eigenvalue weighted by molar-refractivity contribution is 6.05. The number of para-hydroxylation sites is 2. The van der Waals surface area contributed by atoms with Crippen LogP contribution in [0, 0.1) is 0 Å². The van der Waals surface area contributed by atoms with E-state index in [-0.39, 0.29) is 12.6 Å². The van der Waals surface area contributed by atoms with Crippen molar-refractivity contribution in [2.24, 2.45) is 0 Å². The minimum Gasteiger partial charge on any atom is -0.464 e. The number of esters is 2. The zero-order valence-electron chi connectivity index (χ0n) is 11.3. The van der Waals surface area contributed by atoms with Crippen LogP contribution in [0.5, 0.6) is 5.75 Å². The van der Waals surface area contributed by atoms with E-state index in [9.17, 15) is 9.59 Å². The second-order valence-corrected chi connectivity index (χ2v) is 4.54. The number of rotatable bonds is 3. The second kappa shape index (κ2) is 5.30. The summed E-state index contributed by atoms with van der Waals surface area (Å²) in [5, 5.41) is 0. The summed E-state index contributed by atoms with van der Waals surface area (Å²) in [4.78, 5) is 25.7. The van der Waals surface area contributed by atoms with Crippen LogP contribution in [0.25, 0.3) is 0 Å². The fourth-order valence-corrected chi connectivity index (χ4v) is 2.18. The molecule has 0 radical (unpaired) electrons. The van der Waals surface area contributed by atoms with Crippen LogP contribution >= 0.6 is 0 Å². The first kappa shape index (κ1) is 13.4. The maximum atomic E-state index is 12.0. The van der Waals surface area contributed by atoms with Crippen LogP contribution in [0.2, 0.25) is 0 Å². The molecule has 0 bridgehead atoms. The first-order valence-corrected chi connectivity index (χ1v) is 6.32. The second-order valence-electron chi connectivity index (χ2n) is 4.54. The van der Waals surface area contributed by atoms with Gasteiger partial charge in [0, 0.05) is 6.04 Å². The molecule has 0 saturated carbocycles. The molecule has 0 aliphatic carbocycles. The fourth-order valence-electron chi connectivity index (χ4n) is 2.18.